The van der Waals surface area contributed by atoms with Gasteiger partial charge in [-0.2, -0.15) is 18.3 Å². The highest BCUT2D eigenvalue weighted by Crippen LogP contribution is 2.44. The zero-order valence-electron chi connectivity index (χ0n) is 19.3. The van der Waals surface area contributed by atoms with Crippen LogP contribution in [0.1, 0.15) is 62.9 Å². The van der Waals surface area contributed by atoms with Crippen LogP contribution in [0.2, 0.25) is 0 Å². The molecule has 2 aromatic heterocycles. The Balaban J connectivity index is 1.21. The smallest absolute Gasteiger partial charge is 0.300 e. The van der Waals surface area contributed by atoms with Gasteiger partial charge in [-0.05, 0) is 70.7 Å². The molecule has 11 heteroatoms. The van der Waals surface area contributed by atoms with E-state index in [1.807, 2.05) is 11.6 Å². The lowest BCUT2D eigenvalue weighted by Crippen LogP contribution is -2.56. The predicted octanol–water partition coefficient (Wildman–Crippen LogP) is 3.92. The highest BCUT2D eigenvalue weighted by atomic mass is 32.2. The van der Waals surface area contributed by atoms with Gasteiger partial charge in [-0.25, -0.2) is 18.1 Å². The van der Waals surface area contributed by atoms with Gasteiger partial charge in [0.25, 0.3) is 0 Å². The molecule has 0 N–H and O–H groups in total. The van der Waals surface area contributed by atoms with Crippen molar-refractivity contribution in [2.24, 2.45) is 5.41 Å². The fourth-order valence-corrected chi connectivity index (χ4v) is 8.31. The van der Waals surface area contributed by atoms with E-state index in [1.54, 1.807) is 0 Å². The summed E-state index contributed by atoms with van der Waals surface area (Å²) in [6.07, 6.45) is 2.77. The van der Waals surface area contributed by atoms with E-state index in [4.69, 9.17) is 4.98 Å². The van der Waals surface area contributed by atoms with Crippen molar-refractivity contribution in [3.05, 3.63) is 29.8 Å². The molecule has 186 valence electrons. The second kappa shape index (κ2) is 8.58. The third-order valence-electron chi connectivity index (χ3n) is 7.80. The van der Waals surface area contributed by atoms with Gasteiger partial charge < -0.3 is 4.90 Å². The first-order valence-corrected chi connectivity index (χ1v) is 13.8. The maximum Gasteiger partial charge on any atom is 0.433 e. The number of hydrogen-bond acceptors (Lipinski definition) is 6. The summed E-state index contributed by atoms with van der Waals surface area (Å²) < 4.78 is 63.6. The van der Waals surface area contributed by atoms with E-state index in [0.717, 1.165) is 63.5 Å². The molecule has 7 nitrogen and oxygen atoms in total. The molecule has 0 unspecified atom stereocenters. The normalized spacial score (nSPS) is 26.9. The minimum atomic E-state index is -4.47. The molecule has 0 bridgehead atoms. The van der Waals surface area contributed by atoms with Crippen molar-refractivity contribution in [3.8, 4) is 11.4 Å². The first-order chi connectivity index (χ1) is 16.1. The van der Waals surface area contributed by atoms with Crippen LogP contribution < -0.4 is 0 Å². The lowest BCUT2D eigenvalue weighted by molar-refractivity contribution is -0.141. The van der Waals surface area contributed by atoms with Gasteiger partial charge in [0.2, 0.25) is 0 Å². The van der Waals surface area contributed by atoms with Crippen LogP contribution in [-0.4, -0.2) is 63.7 Å². The maximum absolute atomic E-state index is 12.8. The maximum atomic E-state index is 12.8. The van der Waals surface area contributed by atoms with Crippen LogP contribution in [0.5, 0.6) is 0 Å². The van der Waals surface area contributed by atoms with Gasteiger partial charge in [-0.15, -0.1) is 0 Å². The quantitative estimate of drug-likeness (QED) is 0.637. The third kappa shape index (κ3) is 4.60. The molecular formula is C23H30F3N5O2S. The second-order valence-corrected chi connectivity index (χ2v) is 12.2. The molecule has 1 aliphatic carbocycles. The van der Waals surface area contributed by atoms with E-state index in [0.29, 0.717) is 35.5 Å². The van der Waals surface area contributed by atoms with E-state index >= 15 is 0 Å². The lowest BCUT2D eigenvalue weighted by Gasteiger charge is -2.49. The van der Waals surface area contributed by atoms with Gasteiger partial charge in [0.05, 0.1) is 11.5 Å². The molecule has 2 saturated heterocycles. The van der Waals surface area contributed by atoms with Crippen LogP contribution in [0, 0.1) is 5.41 Å². The Morgan fingerprint density at radius 1 is 1.09 bits per heavy atom. The SMILES string of the molecule is CCn1nc(-c2ccc(C(F)(F)F)nc2)nc1[C@H]1CC[C@H](N2CCC3(CC2)CS(=O)(=O)C3)CC1. The lowest BCUT2D eigenvalue weighted by atomic mass is 9.79. The van der Waals surface area contributed by atoms with Gasteiger partial charge >= 0.3 is 6.18 Å². The van der Waals surface area contributed by atoms with Crippen molar-refractivity contribution >= 4 is 9.84 Å². The highest BCUT2D eigenvalue weighted by Gasteiger charge is 2.50. The summed E-state index contributed by atoms with van der Waals surface area (Å²) in [4.78, 5) is 10.8. The highest BCUT2D eigenvalue weighted by molar-refractivity contribution is 7.92. The van der Waals surface area contributed by atoms with Crippen molar-refractivity contribution < 1.29 is 21.6 Å². The number of alkyl halides is 3. The number of halogens is 3. The molecule has 5 rings (SSSR count). The van der Waals surface area contributed by atoms with Crippen LogP contribution in [-0.2, 0) is 22.6 Å². The molecule has 2 aromatic rings. The summed E-state index contributed by atoms with van der Waals surface area (Å²) in [5, 5.41) is 4.54. The van der Waals surface area contributed by atoms with Gasteiger partial charge in [0.15, 0.2) is 15.7 Å². The zero-order valence-corrected chi connectivity index (χ0v) is 20.1. The number of aromatic nitrogens is 4. The Morgan fingerprint density at radius 3 is 2.29 bits per heavy atom. The average molecular weight is 498 g/mol. The number of aryl methyl sites for hydroxylation is 1. The van der Waals surface area contributed by atoms with Crippen molar-refractivity contribution in [1.29, 1.82) is 0 Å². The minimum absolute atomic E-state index is 0.0354. The minimum Gasteiger partial charge on any atom is -0.300 e. The molecule has 3 fully saturated rings. The summed E-state index contributed by atoms with van der Waals surface area (Å²) in [6.45, 7) is 4.58. The Bertz CT molecular complexity index is 1120. The van der Waals surface area contributed by atoms with Crippen LogP contribution in [0.25, 0.3) is 11.4 Å². The summed E-state index contributed by atoms with van der Waals surface area (Å²) >= 11 is 0. The topological polar surface area (TPSA) is 81.0 Å². The van der Waals surface area contributed by atoms with Gasteiger partial charge in [-0.1, -0.05) is 0 Å². The Morgan fingerprint density at radius 2 is 1.76 bits per heavy atom. The first-order valence-electron chi connectivity index (χ1n) is 12.0. The summed E-state index contributed by atoms with van der Waals surface area (Å²) in [7, 11) is -2.79. The molecule has 0 amide bonds. The van der Waals surface area contributed by atoms with Crippen molar-refractivity contribution in [2.75, 3.05) is 24.6 Å². The largest absolute Gasteiger partial charge is 0.433 e. The van der Waals surface area contributed by atoms with Gasteiger partial charge in [-0.3, -0.25) is 4.98 Å². The molecule has 1 spiro atoms. The van der Waals surface area contributed by atoms with Gasteiger partial charge in [0, 0.05) is 35.7 Å². The number of rotatable bonds is 4. The molecule has 4 heterocycles. The van der Waals surface area contributed by atoms with E-state index in [1.165, 1.54) is 12.3 Å². The fourth-order valence-electron chi connectivity index (χ4n) is 5.95. The molecule has 0 atom stereocenters. The molecule has 1 saturated carbocycles. The Labute approximate surface area is 197 Å². The Kier molecular flexibility index (Phi) is 5.99. The van der Waals surface area contributed by atoms with E-state index in [-0.39, 0.29) is 11.3 Å². The molecule has 3 aliphatic rings. The van der Waals surface area contributed by atoms with Crippen molar-refractivity contribution in [3.63, 3.8) is 0 Å². The molecule has 0 aromatic carbocycles. The van der Waals surface area contributed by atoms with E-state index in [2.05, 4.69) is 15.0 Å². The monoisotopic (exact) mass is 497 g/mol. The standard InChI is InChI=1S/C23H30F3N5O2S/c1-2-31-21(28-20(29-31)17-5-8-19(27-13-17)23(24,25)26)16-3-6-18(7-4-16)30-11-9-22(10-12-30)14-34(32,33)15-22/h5,8,13,16,18H,2-4,6-7,9-12,14-15H2,1H3/t16-,18-. The summed E-state index contributed by atoms with van der Waals surface area (Å²) in [6, 6.07) is 2.86. The molecule has 2 aliphatic heterocycles. The fraction of sp³-hybridized carbons (Fsp3) is 0.696. The van der Waals surface area contributed by atoms with E-state index in [9.17, 15) is 21.6 Å². The predicted molar refractivity (Wildman–Crippen MR) is 121 cm³/mol. The van der Waals surface area contributed by atoms with E-state index < -0.39 is 21.7 Å². The van der Waals surface area contributed by atoms with Crippen LogP contribution in [0.4, 0.5) is 13.2 Å². The van der Waals surface area contributed by atoms with Crippen LogP contribution in [0.3, 0.4) is 0 Å². The van der Waals surface area contributed by atoms with Crippen molar-refractivity contribution in [2.45, 2.75) is 70.1 Å². The molecular weight excluding hydrogens is 467 g/mol. The second-order valence-electron chi connectivity index (χ2n) is 10.1. The van der Waals surface area contributed by atoms with Crippen LogP contribution >= 0.6 is 0 Å². The molecule has 0 radical (unpaired) electrons. The third-order valence-corrected chi connectivity index (χ3v) is 9.91. The van der Waals surface area contributed by atoms with Crippen LogP contribution in [0.15, 0.2) is 18.3 Å². The zero-order chi connectivity index (χ0) is 24.1. The number of nitrogens with zero attached hydrogens (tertiary/aromatic N) is 5. The Hall–Kier alpha value is -2.01. The van der Waals surface area contributed by atoms with Gasteiger partial charge in [0.1, 0.15) is 11.5 Å². The summed E-state index contributed by atoms with van der Waals surface area (Å²) in [5.74, 6) is 2.31. The molecule has 34 heavy (non-hydrogen) atoms. The summed E-state index contributed by atoms with van der Waals surface area (Å²) in [5.41, 5.74) is -0.407. The number of pyridine rings is 1. The number of sulfone groups is 1. The average Bonchev–Trinajstić information content (AvgIpc) is 3.22. The first kappa shape index (κ1) is 23.7. The number of likely N-dealkylation sites (tertiary alicyclic amines) is 1. The van der Waals surface area contributed by atoms with Crippen molar-refractivity contribution in [1.82, 2.24) is 24.6 Å². The number of hydrogen-bond donors (Lipinski definition) is 0. The number of piperidine rings is 1.